The summed E-state index contributed by atoms with van der Waals surface area (Å²) in [6.45, 7) is 5.07. The summed E-state index contributed by atoms with van der Waals surface area (Å²) in [6, 6.07) is 13.4. The van der Waals surface area contributed by atoms with E-state index in [2.05, 4.69) is 20.9 Å². The van der Waals surface area contributed by atoms with Crippen LogP contribution in [0, 0.1) is 0 Å². The predicted octanol–water partition coefficient (Wildman–Crippen LogP) is 3.44. The van der Waals surface area contributed by atoms with Crippen molar-refractivity contribution in [2.75, 3.05) is 33.6 Å². The Morgan fingerprint density at radius 1 is 1.10 bits per heavy atom. The highest BCUT2D eigenvalue weighted by atomic mass is 16.5. The number of carbonyl (C=O) groups excluding carboxylic acids is 1. The lowest BCUT2D eigenvalue weighted by molar-refractivity contribution is 0.250. The standard InChI is InChI=1S/C23H33N5O3/c1-16(2)26-23(29)27-19-10-7-17(8-11-19)14-25-22(24-3)28(4)15-18-9-12-20(30-5)13-21(18)31-6/h7-13,16H,14-15H2,1-6H3,(H,24,25)(H2,26,27,29). The second-order valence-corrected chi connectivity index (χ2v) is 7.38. The van der Waals surface area contributed by atoms with Gasteiger partial charge >= 0.3 is 6.03 Å². The Morgan fingerprint density at radius 3 is 2.39 bits per heavy atom. The molecule has 168 valence electrons. The van der Waals surface area contributed by atoms with Crippen molar-refractivity contribution < 1.29 is 14.3 Å². The molecule has 0 aliphatic heterocycles. The van der Waals surface area contributed by atoms with Crippen molar-refractivity contribution in [3.63, 3.8) is 0 Å². The second-order valence-electron chi connectivity index (χ2n) is 7.38. The van der Waals surface area contributed by atoms with Gasteiger partial charge in [-0.2, -0.15) is 0 Å². The van der Waals surface area contributed by atoms with Gasteiger partial charge in [0, 0.05) is 50.5 Å². The Kier molecular flexibility index (Phi) is 8.99. The number of aliphatic imine (C=N–C) groups is 1. The first kappa shape index (κ1) is 23.9. The number of nitrogens with one attached hydrogen (secondary N) is 3. The number of anilines is 1. The summed E-state index contributed by atoms with van der Waals surface area (Å²) < 4.78 is 10.8. The maximum Gasteiger partial charge on any atom is 0.319 e. The molecule has 31 heavy (non-hydrogen) atoms. The molecule has 0 aromatic heterocycles. The number of benzene rings is 2. The second kappa shape index (κ2) is 11.7. The zero-order valence-corrected chi connectivity index (χ0v) is 19.2. The van der Waals surface area contributed by atoms with Crippen LogP contribution >= 0.6 is 0 Å². The van der Waals surface area contributed by atoms with Crippen LogP contribution in [0.5, 0.6) is 11.5 Å². The lowest BCUT2D eigenvalue weighted by Crippen LogP contribution is -2.38. The lowest BCUT2D eigenvalue weighted by Gasteiger charge is -2.23. The van der Waals surface area contributed by atoms with E-state index in [0.717, 1.165) is 34.3 Å². The van der Waals surface area contributed by atoms with Crippen molar-refractivity contribution in [2.24, 2.45) is 4.99 Å². The average Bonchev–Trinajstić information content (AvgIpc) is 2.75. The Hall–Kier alpha value is -3.42. The fourth-order valence-corrected chi connectivity index (χ4v) is 3.01. The molecule has 8 heteroatoms. The number of amides is 2. The van der Waals surface area contributed by atoms with Crippen LogP contribution in [0.4, 0.5) is 10.5 Å². The summed E-state index contributed by atoms with van der Waals surface area (Å²) in [4.78, 5) is 18.2. The highest BCUT2D eigenvalue weighted by molar-refractivity contribution is 5.89. The van der Waals surface area contributed by atoms with Gasteiger partial charge in [0.2, 0.25) is 0 Å². The Morgan fingerprint density at radius 2 is 1.81 bits per heavy atom. The van der Waals surface area contributed by atoms with Crippen molar-refractivity contribution in [2.45, 2.75) is 33.0 Å². The number of hydrogen-bond donors (Lipinski definition) is 3. The van der Waals surface area contributed by atoms with Crippen molar-refractivity contribution >= 4 is 17.7 Å². The number of rotatable bonds is 8. The van der Waals surface area contributed by atoms with E-state index in [0.29, 0.717) is 13.1 Å². The van der Waals surface area contributed by atoms with E-state index in [1.165, 1.54) is 0 Å². The number of hydrogen-bond acceptors (Lipinski definition) is 4. The van der Waals surface area contributed by atoms with Gasteiger partial charge < -0.3 is 30.3 Å². The maximum absolute atomic E-state index is 11.8. The molecule has 0 spiro atoms. The summed E-state index contributed by atoms with van der Waals surface area (Å²) in [7, 11) is 7.01. The lowest BCUT2D eigenvalue weighted by atomic mass is 10.2. The highest BCUT2D eigenvalue weighted by Crippen LogP contribution is 2.25. The SMILES string of the molecule is CN=C(NCc1ccc(NC(=O)NC(C)C)cc1)N(C)Cc1ccc(OC)cc1OC. The van der Waals surface area contributed by atoms with Gasteiger partial charge in [0.25, 0.3) is 0 Å². The summed E-state index contributed by atoms with van der Waals surface area (Å²) in [5.41, 5.74) is 2.85. The molecule has 0 atom stereocenters. The first-order valence-corrected chi connectivity index (χ1v) is 10.2. The first-order valence-electron chi connectivity index (χ1n) is 10.2. The summed E-state index contributed by atoms with van der Waals surface area (Å²) in [5.74, 6) is 2.29. The number of methoxy groups -OCH3 is 2. The van der Waals surface area contributed by atoms with Crippen LogP contribution in [0.2, 0.25) is 0 Å². The van der Waals surface area contributed by atoms with E-state index in [9.17, 15) is 4.79 Å². The number of guanidine groups is 1. The largest absolute Gasteiger partial charge is 0.497 e. The van der Waals surface area contributed by atoms with Gasteiger partial charge in [0.1, 0.15) is 11.5 Å². The number of ether oxygens (including phenoxy) is 2. The molecule has 2 aromatic carbocycles. The fourth-order valence-electron chi connectivity index (χ4n) is 3.01. The van der Waals surface area contributed by atoms with Crippen molar-refractivity contribution in [3.8, 4) is 11.5 Å². The molecule has 0 saturated carbocycles. The van der Waals surface area contributed by atoms with Gasteiger partial charge in [-0.25, -0.2) is 4.79 Å². The van der Waals surface area contributed by atoms with Gasteiger partial charge in [-0.1, -0.05) is 12.1 Å². The predicted molar refractivity (Wildman–Crippen MR) is 125 cm³/mol. The summed E-state index contributed by atoms with van der Waals surface area (Å²) >= 11 is 0. The molecule has 0 radical (unpaired) electrons. The molecular formula is C23H33N5O3. The molecule has 0 saturated heterocycles. The Labute approximate surface area is 184 Å². The van der Waals surface area contributed by atoms with Crippen LogP contribution in [0.15, 0.2) is 47.5 Å². The normalized spacial score (nSPS) is 11.1. The molecule has 0 aliphatic carbocycles. The minimum absolute atomic E-state index is 0.0881. The van der Waals surface area contributed by atoms with Crippen molar-refractivity contribution in [1.29, 1.82) is 0 Å². The highest BCUT2D eigenvalue weighted by Gasteiger charge is 2.11. The molecule has 0 unspecified atom stereocenters. The molecule has 2 aromatic rings. The van der Waals surface area contributed by atoms with Crippen LogP contribution in [-0.2, 0) is 13.1 Å². The van der Waals surface area contributed by atoms with Crippen molar-refractivity contribution in [3.05, 3.63) is 53.6 Å². The molecule has 0 aliphatic rings. The van der Waals surface area contributed by atoms with Crippen LogP contribution < -0.4 is 25.4 Å². The molecular weight excluding hydrogens is 394 g/mol. The molecule has 3 N–H and O–H groups in total. The molecule has 8 nitrogen and oxygen atoms in total. The molecule has 2 amide bonds. The van der Waals surface area contributed by atoms with E-state index >= 15 is 0 Å². The van der Waals surface area contributed by atoms with Crippen LogP contribution in [0.1, 0.15) is 25.0 Å². The molecule has 0 heterocycles. The zero-order chi connectivity index (χ0) is 22.8. The summed E-state index contributed by atoms with van der Waals surface area (Å²) in [5, 5.41) is 8.98. The van der Waals surface area contributed by atoms with Crippen LogP contribution in [0.25, 0.3) is 0 Å². The van der Waals surface area contributed by atoms with E-state index in [4.69, 9.17) is 9.47 Å². The molecule has 2 rings (SSSR count). The minimum atomic E-state index is -0.211. The van der Waals surface area contributed by atoms with Gasteiger partial charge in [0.05, 0.1) is 14.2 Å². The Bertz CT molecular complexity index is 881. The zero-order valence-electron chi connectivity index (χ0n) is 19.2. The van der Waals surface area contributed by atoms with E-state index < -0.39 is 0 Å². The van der Waals surface area contributed by atoms with E-state index in [1.54, 1.807) is 21.3 Å². The number of carbonyl (C=O) groups is 1. The molecule has 0 bridgehead atoms. The molecule has 0 fully saturated rings. The summed E-state index contributed by atoms with van der Waals surface area (Å²) in [6.07, 6.45) is 0. The third kappa shape index (κ3) is 7.40. The van der Waals surface area contributed by atoms with E-state index in [-0.39, 0.29) is 12.1 Å². The van der Waals surface area contributed by atoms with Gasteiger partial charge in [-0.05, 0) is 43.7 Å². The van der Waals surface area contributed by atoms with Gasteiger partial charge in [-0.3, -0.25) is 4.99 Å². The third-order valence-electron chi connectivity index (χ3n) is 4.56. The smallest absolute Gasteiger partial charge is 0.319 e. The minimum Gasteiger partial charge on any atom is -0.497 e. The maximum atomic E-state index is 11.8. The van der Waals surface area contributed by atoms with Crippen LogP contribution in [0.3, 0.4) is 0 Å². The quantitative estimate of drug-likeness (QED) is 0.444. The third-order valence-corrected chi connectivity index (χ3v) is 4.56. The average molecular weight is 428 g/mol. The van der Waals surface area contributed by atoms with Crippen LogP contribution in [-0.4, -0.2) is 51.2 Å². The van der Waals surface area contributed by atoms with E-state index in [1.807, 2.05) is 68.3 Å². The first-order chi connectivity index (χ1) is 14.9. The topological polar surface area (TPSA) is 87.2 Å². The Balaban J connectivity index is 1.94. The monoisotopic (exact) mass is 427 g/mol. The van der Waals surface area contributed by atoms with Crippen molar-refractivity contribution in [1.82, 2.24) is 15.5 Å². The van der Waals surface area contributed by atoms with Gasteiger partial charge in [0.15, 0.2) is 5.96 Å². The number of urea groups is 1. The number of nitrogens with zero attached hydrogens (tertiary/aromatic N) is 2. The van der Waals surface area contributed by atoms with Gasteiger partial charge in [-0.15, -0.1) is 0 Å². The fraction of sp³-hybridized carbons (Fsp3) is 0.391.